The van der Waals surface area contributed by atoms with Crippen LogP contribution in [0.3, 0.4) is 0 Å². The van der Waals surface area contributed by atoms with E-state index in [4.69, 9.17) is 5.73 Å². The van der Waals surface area contributed by atoms with Crippen LogP contribution in [-0.2, 0) is 11.8 Å². The molecule has 1 spiro atoms. The van der Waals surface area contributed by atoms with Crippen molar-refractivity contribution in [2.24, 2.45) is 5.73 Å². The minimum atomic E-state index is -0.583. The van der Waals surface area contributed by atoms with E-state index < -0.39 is 6.10 Å². The van der Waals surface area contributed by atoms with Gasteiger partial charge in [-0.25, -0.2) is 0 Å². The zero-order chi connectivity index (χ0) is 19.0. The molecule has 2 atom stereocenters. The molecule has 27 heavy (non-hydrogen) atoms. The molecular formula is C23H28N2O2. The van der Waals surface area contributed by atoms with Gasteiger partial charge in [-0.15, -0.1) is 0 Å². The number of aliphatic hydroxyl groups excluding tert-OH is 1. The molecule has 142 valence electrons. The third-order valence-electron chi connectivity index (χ3n) is 6.45. The van der Waals surface area contributed by atoms with Crippen molar-refractivity contribution >= 4 is 5.91 Å². The first-order chi connectivity index (χ1) is 13.1. The van der Waals surface area contributed by atoms with Crippen molar-refractivity contribution in [2.45, 2.75) is 50.2 Å². The van der Waals surface area contributed by atoms with Gasteiger partial charge in [-0.05, 0) is 48.1 Å². The lowest BCUT2D eigenvalue weighted by Gasteiger charge is -2.42. The molecule has 1 aliphatic carbocycles. The van der Waals surface area contributed by atoms with E-state index in [9.17, 15) is 9.90 Å². The summed E-state index contributed by atoms with van der Waals surface area (Å²) in [5.74, 6) is 0.0815. The molecule has 1 saturated heterocycles. The number of likely N-dealkylation sites (tertiary alicyclic amines) is 1. The number of carbonyl (C=O) groups is 1. The molecule has 0 bridgehead atoms. The van der Waals surface area contributed by atoms with Gasteiger partial charge in [0, 0.05) is 24.1 Å². The Morgan fingerprint density at radius 1 is 1.15 bits per heavy atom. The van der Waals surface area contributed by atoms with E-state index in [1.807, 2.05) is 35.2 Å². The van der Waals surface area contributed by atoms with Crippen molar-refractivity contribution in [3.05, 3.63) is 70.8 Å². The second-order valence-corrected chi connectivity index (χ2v) is 7.95. The highest BCUT2D eigenvalue weighted by Crippen LogP contribution is 2.50. The summed E-state index contributed by atoms with van der Waals surface area (Å²) in [5.41, 5.74) is 10.2. The summed E-state index contributed by atoms with van der Waals surface area (Å²) in [6.07, 6.45) is 3.06. The summed E-state index contributed by atoms with van der Waals surface area (Å²) >= 11 is 0. The summed E-state index contributed by atoms with van der Waals surface area (Å²) in [6.45, 7) is 3.45. The number of hydrogen-bond donors (Lipinski definition) is 2. The molecule has 1 fully saturated rings. The Morgan fingerprint density at radius 2 is 1.81 bits per heavy atom. The first-order valence-corrected chi connectivity index (χ1v) is 9.98. The maximum atomic E-state index is 12.9. The van der Waals surface area contributed by atoms with E-state index >= 15 is 0 Å². The molecule has 3 N–H and O–H groups in total. The van der Waals surface area contributed by atoms with Gasteiger partial charge < -0.3 is 15.7 Å². The smallest absolute Gasteiger partial charge is 0.253 e. The molecule has 1 heterocycles. The number of aliphatic hydroxyl groups is 1. The van der Waals surface area contributed by atoms with Crippen LogP contribution in [0.5, 0.6) is 0 Å². The highest BCUT2D eigenvalue weighted by atomic mass is 16.3. The van der Waals surface area contributed by atoms with Crippen molar-refractivity contribution < 1.29 is 9.90 Å². The van der Waals surface area contributed by atoms with E-state index in [1.54, 1.807) is 0 Å². The molecule has 1 aliphatic heterocycles. The molecular weight excluding hydrogens is 336 g/mol. The highest BCUT2D eigenvalue weighted by Gasteiger charge is 2.51. The quantitative estimate of drug-likeness (QED) is 0.879. The second kappa shape index (κ2) is 7.10. The molecule has 2 aromatic rings. The number of hydrogen-bond acceptors (Lipinski definition) is 3. The van der Waals surface area contributed by atoms with Crippen LogP contribution in [0.15, 0.2) is 48.5 Å². The van der Waals surface area contributed by atoms with Crippen LogP contribution < -0.4 is 5.73 Å². The summed E-state index contributed by atoms with van der Waals surface area (Å²) in [7, 11) is 0. The van der Waals surface area contributed by atoms with Crippen LogP contribution in [0.2, 0.25) is 0 Å². The Labute approximate surface area is 161 Å². The topological polar surface area (TPSA) is 66.6 Å². The molecule has 4 rings (SSSR count). The number of nitrogens with zero attached hydrogens (tertiary/aromatic N) is 1. The molecule has 4 heteroatoms. The Kier molecular flexibility index (Phi) is 4.79. The molecule has 4 nitrogen and oxygen atoms in total. The van der Waals surface area contributed by atoms with Crippen molar-refractivity contribution in [2.75, 3.05) is 13.1 Å². The average Bonchev–Trinajstić information content (AvgIpc) is 2.92. The van der Waals surface area contributed by atoms with Crippen LogP contribution in [0.25, 0.3) is 0 Å². The van der Waals surface area contributed by atoms with Gasteiger partial charge in [0.25, 0.3) is 5.91 Å². The number of benzene rings is 2. The maximum absolute atomic E-state index is 12.9. The monoisotopic (exact) mass is 364 g/mol. The van der Waals surface area contributed by atoms with Crippen LogP contribution in [0.4, 0.5) is 0 Å². The third kappa shape index (κ3) is 2.97. The fourth-order valence-electron chi connectivity index (χ4n) is 4.87. The Hall–Kier alpha value is -2.17. The second-order valence-electron chi connectivity index (χ2n) is 7.95. The van der Waals surface area contributed by atoms with Gasteiger partial charge in [0.05, 0.1) is 12.1 Å². The average molecular weight is 364 g/mol. The van der Waals surface area contributed by atoms with Gasteiger partial charge in [-0.1, -0.05) is 49.7 Å². The molecule has 0 unspecified atom stereocenters. The summed E-state index contributed by atoms with van der Waals surface area (Å²) in [4.78, 5) is 14.8. The molecule has 0 saturated carbocycles. The van der Waals surface area contributed by atoms with Crippen molar-refractivity contribution in [3.63, 3.8) is 0 Å². The van der Waals surface area contributed by atoms with Crippen molar-refractivity contribution in [1.29, 1.82) is 0 Å². The first kappa shape index (κ1) is 18.2. The lowest BCUT2D eigenvalue weighted by molar-refractivity contribution is 0.0262. The summed E-state index contributed by atoms with van der Waals surface area (Å²) in [6, 6.07) is 15.8. The summed E-state index contributed by atoms with van der Waals surface area (Å²) in [5, 5.41) is 10.9. The zero-order valence-corrected chi connectivity index (χ0v) is 15.9. The van der Waals surface area contributed by atoms with Crippen LogP contribution in [0.1, 0.15) is 59.3 Å². The molecule has 2 aromatic carbocycles. The Bertz CT molecular complexity index is 823. The van der Waals surface area contributed by atoms with Gasteiger partial charge in [-0.3, -0.25) is 4.79 Å². The van der Waals surface area contributed by atoms with E-state index in [2.05, 4.69) is 25.1 Å². The van der Waals surface area contributed by atoms with E-state index in [1.165, 1.54) is 11.1 Å². The Morgan fingerprint density at radius 3 is 2.48 bits per heavy atom. The number of rotatable bonds is 3. The molecule has 2 aliphatic rings. The van der Waals surface area contributed by atoms with Crippen LogP contribution in [0, 0.1) is 0 Å². The number of fused-ring (bicyclic) bond motifs is 2. The molecule has 1 amide bonds. The van der Waals surface area contributed by atoms with Crippen LogP contribution >= 0.6 is 0 Å². The highest BCUT2D eigenvalue weighted by molar-refractivity contribution is 5.94. The van der Waals surface area contributed by atoms with Gasteiger partial charge in [0.15, 0.2) is 0 Å². The molecule has 0 radical (unpaired) electrons. The minimum absolute atomic E-state index is 0.0815. The van der Waals surface area contributed by atoms with Gasteiger partial charge in [-0.2, -0.15) is 0 Å². The maximum Gasteiger partial charge on any atom is 0.253 e. The SMILES string of the molecule is CCCc1ccc(C(=O)N2CCC3(CC2)c2ccccc2[C@@H](N)[C@@H]3O)cc1. The van der Waals surface area contributed by atoms with Crippen molar-refractivity contribution in [3.8, 4) is 0 Å². The fraction of sp³-hybridized carbons (Fsp3) is 0.435. The normalized spacial score (nSPS) is 23.4. The van der Waals surface area contributed by atoms with Gasteiger partial charge in [0.1, 0.15) is 0 Å². The number of amides is 1. The first-order valence-electron chi connectivity index (χ1n) is 9.98. The number of aryl methyl sites for hydroxylation is 1. The lowest BCUT2D eigenvalue weighted by atomic mass is 9.72. The van der Waals surface area contributed by atoms with Crippen LogP contribution in [-0.4, -0.2) is 35.1 Å². The standard InChI is InChI=1S/C23H28N2O2/c1-2-5-16-8-10-17(11-9-16)22(27)25-14-12-23(13-15-25)19-7-4-3-6-18(19)20(24)21(23)26/h3-4,6-11,20-21,26H,2,5,12-15,24H2,1H3/t20-,21+/m1/s1. The fourth-order valence-corrected chi connectivity index (χ4v) is 4.87. The third-order valence-corrected chi connectivity index (χ3v) is 6.45. The summed E-state index contributed by atoms with van der Waals surface area (Å²) < 4.78 is 0. The number of carbonyl (C=O) groups excluding carboxylic acids is 1. The van der Waals surface area contributed by atoms with Gasteiger partial charge in [0.2, 0.25) is 0 Å². The Balaban J connectivity index is 1.50. The zero-order valence-electron chi connectivity index (χ0n) is 15.9. The number of nitrogens with two attached hydrogens (primary N) is 1. The largest absolute Gasteiger partial charge is 0.390 e. The van der Waals surface area contributed by atoms with E-state index in [0.717, 1.165) is 36.8 Å². The van der Waals surface area contributed by atoms with Gasteiger partial charge >= 0.3 is 0 Å². The van der Waals surface area contributed by atoms with E-state index in [0.29, 0.717) is 13.1 Å². The van der Waals surface area contributed by atoms with Crippen molar-refractivity contribution in [1.82, 2.24) is 4.90 Å². The predicted molar refractivity (Wildman–Crippen MR) is 107 cm³/mol. The predicted octanol–water partition coefficient (Wildman–Crippen LogP) is 3.19. The molecule has 0 aromatic heterocycles. The minimum Gasteiger partial charge on any atom is -0.390 e. The number of piperidine rings is 1. The lowest BCUT2D eigenvalue weighted by Crippen LogP contribution is -2.50. The van der Waals surface area contributed by atoms with E-state index in [-0.39, 0.29) is 17.4 Å².